The van der Waals surface area contributed by atoms with Gasteiger partial charge in [-0.15, -0.1) is 0 Å². The second kappa shape index (κ2) is 12.9. The molecule has 1 amide bonds. The Kier molecular flexibility index (Phi) is 10.2. The highest BCUT2D eigenvalue weighted by Gasteiger charge is 2.34. The van der Waals surface area contributed by atoms with Crippen LogP contribution in [0.5, 0.6) is 0 Å². The van der Waals surface area contributed by atoms with Crippen LogP contribution in [0.25, 0.3) is 6.08 Å². The standard InChI is InChI=1S/C28H40N4O2S2/c1-6-8-10-11-13-32-27(34)24(36-28(32)35)15-22-21(5)23(16-29)26(33)31(12-9-7-2)25(22)30-17-19(3)14-20(4)18-30/h15,19-20H,6-14,17-18H2,1-5H3/b24-15-. The van der Waals surface area contributed by atoms with Crippen molar-refractivity contribution >= 4 is 46.1 Å². The molecule has 0 N–H and O–H groups in total. The Morgan fingerprint density at radius 2 is 1.72 bits per heavy atom. The van der Waals surface area contributed by atoms with Gasteiger partial charge < -0.3 is 4.90 Å². The van der Waals surface area contributed by atoms with Crippen molar-refractivity contribution < 1.29 is 4.79 Å². The van der Waals surface area contributed by atoms with Gasteiger partial charge in [0, 0.05) is 31.7 Å². The molecule has 2 aliphatic heterocycles. The molecule has 2 unspecified atom stereocenters. The van der Waals surface area contributed by atoms with Crippen molar-refractivity contribution in [1.82, 2.24) is 9.47 Å². The molecule has 2 atom stereocenters. The van der Waals surface area contributed by atoms with Gasteiger partial charge in [0.15, 0.2) is 0 Å². The van der Waals surface area contributed by atoms with Crippen molar-refractivity contribution in [2.24, 2.45) is 11.8 Å². The number of thiocarbonyl (C=S) groups is 1. The third-order valence-electron chi connectivity index (χ3n) is 7.13. The fourth-order valence-corrected chi connectivity index (χ4v) is 6.66. The van der Waals surface area contributed by atoms with E-state index in [1.54, 1.807) is 9.47 Å². The SMILES string of the molecule is CCCCCCN1C(=O)/C(=C/c2c(C)c(C#N)c(=O)n(CCCC)c2N2CC(C)CC(C)C2)SC1=S. The lowest BCUT2D eigenvalue weighted by Crippen LogP contribution is -2.43. The molecule has 1 aromatic rings. The first-order valence-corrected chi connectivity index (χ1v) is 14.6. The number of carbonyl (C=O) groups excluding carboxylic acids is 1. The van der Waals surface area contributed by atoms with Crippen molar-refractivity contribution in [2.75, 3.05) is 24.5 Å². The van der Waals surface area contributed by atoms with E-state index in [1.165, 1.54) is 11.8 Å². The molecule has 3 heterocycles. The van der Waals surface area contributed by atoms with Gasteiger partial charge in [0.1, 0.15) is 21.8 Å². The van der Waals surface area contributed by atoms with Crippen molar-refractivity contribution in [3.63, 3.8) is 0 Å². The van der Waals surface area contributed by atoms with Crippen LogP contribution < -0.4 is 10.5 Å². The maximum atomic E-state index is 13.5. The van der Waals surface area contributed by atoms with Gasteiger partial charge in [0.25, 0.3) is 11.5 Å². The maximum absolute atomic E-state index is 13.5. The number of aromatic nitrogens is 1. The Labute approximate surface area is 225 Å². The van der Waals surface area contributed by atoms with E-state index in [2.05, 4.69) is 38.7 Å². The van der Waals surface area contributed by atoms with Crippen molar-refractivity contribution in [3.05, 3.63) is 31.9 Å². The molecule has 6 nitrogen and oxygen atoms in total. The van der Waals surface area contributed by atoms with Crippen LogP contribution in [0.1, 0.15) is 89.3 Å². The summed E-state index contributed by atoms with van der Waals surface area (Å²) in [6.45, 7) is 13.5. The number of hydrogen-bond donors (Lipinski definition) is 0. The number of hydrogen-bond acceptors (Lipinski definition) is 6. The molecule has 0 aromatic carbocycles. The smallest absolute Gasteiger partial charge is 0.270 e. The van der Waals surface area contributed by atoms with Gasteiger partial charge in [-0.3, -0.25) is 19.1 Å². The molecule has 0 spiro atoms. The number of carbonyl (C=O) groups is 1. The summed E-state index contributed by atoms with van der Waals surface area (Å²) >= 11 is 6.90. The summed E-state index contributed by atoms with van der Waals surface area (Å²) in [7, 11) is 0. The monoisotopic (exact) mass is 528 g/mol. The van der Waals surface area contributed by atoms with Crippen LogP contribution in [0.3, 0.4) is 0 Å². The van der Waals surface area contributed by atoms with Crippen LogP contribution in [0.2, 0.25) is 0 Å². The van der Waals surface area contributed by atoms with E-state index in [0.717, 1.165) is 69.4 Å². The highest BCUT2D eigenvalue weighted by atomic mass is 32.2. The van der Waals surface area contributed by atoms with Crippen LogP contribution >= 0.6 is 24.0 Å². The first-order valence-electron chi connectivity index (χ1n) is 13.4. The molecule has 0 aliphatic carbocycles. The summed E-state index contributed by atoms with van der Waals surface area (Å²) < 4.78 is 2.37. The lowest BCUT2D eigenvalue weighted by atomic mass is 9.91. The topological polar surface area (TPSA) is 69.3 Å². The number of thioether (sulfide) groups is 1. The lowest BCUT2D eigenvalue weighted by molar-refractivity contribution is -0.122. The minimum Gasteiger partial charge on any atom is -0.357 e. The molecular formula is C28H40N4O2S2. The van der Waals surface area contributed by atoms with Crippen LogP contribution in [0.4, 0.5) is 5.82 Å². The summed E-state index contributed by atoms with van der Waals surface area (Å²) in [5.74, 6) is 1.76. The molecule has 8 heteroatoms. The number of amides is 1. The van der Waals surface area contributed by atoms with Crippen LogP contribution in [-0.4, -0.2) is 39.3 Å². The molecular weight excluding hydrogens is 488 g/mol. The zero-order chi connectivity index (χ0) is 26.4. The summed E-state index contributed by atoms with van der Waals surface area (Å²) in [5.41, 5.74) is 1.37. The Morgan fingerprint density at radius 3 is 2.33 bits per heavy atom. The van der Waals surface area contributed by atoms with Gasteiger partial charge in [-0.1, -0.05) is 77.4 Å². The van der Waals surface area contributed by atoms with E-state index < -0.39 is 0 Å². The van der Waals surface area contributed by atoms with Gasteiger partial charge in [0.2, 0.25) is 0 Å². The van der Waals surface area contributed by atoms with Crippen LogP contribution in [0.15, 0.2) is 9.70 Å². The number of anilines is 1. The Balaban J connectivity index is 2.12. The zero-order valence-electron chi connectivity index (χ0n) is 22.4. The predicted octanol–water partition coefficient (Wildman–Crippen LogP) is 6.09. The summed E-state index contributed by atoms with van der Waals surface area (Å²) in [6.07, 6.45) is 9.13. The van der Waals surface area contributed by atoms with Crippen molar-refractivity contribution in [3.8, 4) is 6.07 Å². The molecule has 2 aliphatic rings. The number of unbranched alkanes of at least 4 members (excludes halogenated alkanes) is 4. The summed E-state index contributed by atoms with van der Waals surface area (Å²) in [6, 6.07) is 2.15. The van der Waals surface area contributed by atoms with Gasteiger partial charge in [0.05, 0.1) is 4.91 Å². The van der Waals surface area contributed by atoms with E-state index in [9.17, 15) is 14.9 Å². The number of nitriles is 1. The van der Waals surface area contributed by atoms with Gasteiger partial charge in [-0.2, -0.15) is 5.26 Å². The first-order chi connectivity index (χ1) is 17.2. The molecule has 196 valence electrons. The number of nitrogens with zero attached hydrogens (tertiary/aromatic N) is 4. The van der Waals surface area contributed by atoms with Crippen molar-refractivity contribution in [1.29, 1.82) is 5.26 Å². The van der Waals surface area contributed by atoms with Gasteiger partial charge in [-0.05, 0) is 49.7 Å². The third kappa shape index (κ3) is 6.23. The van der Waals surface area contributed by atoms with Crippen LogP contribution in [0, 0.1) is 30.1 Å². The average molecular weight is 529 g/mol. The summed E-state index contributed by atoms with van der Waals surface area (Å²) in [5, 5.41) is 9.90. The van der Waals surface area contributed by atoms with Crippen LogP contribution in [-0.2, 0) is 11.3 Å². The Hall–Kier alpha value is -2.11. The van der Waals surface area contributed by atoms with E-state index in [1.807, 2.05) is 13.0 Å². The minimum atomic E-state index is -0.232. The Bertz CT molecular complexity index is 1110. The fraction of sp³-hybridized carbons (Fsp3) is 0.643. The highest BCUT2D eigenvalue weighted by Crippen LogP contribution is 2.37. The molecule has 1 aromatic heterocycles. The fourth-order valence-electron chi connectivity index (χ4n) is 5.36. The average Bonchev–Trinajstić information content (AvgIpc) is 3.09. The highest BCUT2D eigenvalue weighted by molar-refractivity contribution is 8.26. The molecule has 2 fully saturated rings. The van der Waals surface area contributed by atoms with Crippen molar-refractivity contribution in [2.45, 2.75) is 86.1 Å². The van der Waals surface area contributed by atoms with E-state index >= 15 is 0 Å². The van der Waals surface area contributed by atoms with E-state index in [4.69, 9.17) is 12.2 Å². The van der Waals surface area contributed by atoms with Gasteiger partial charge >= 0.3 is 0 Å². The van der Waals surface area contributed by atoms with Gasteiger partial charge in [-0.25, -0.2) is 0 Å². The zero-order valence-corrected chi connectivity index (χ0v) is 24.1. The molecule has 2 saturated heterocycles. The lowest BCUT2D eigenvalue weighted by Gasteiger charge is -2.39. The minimum absolute atomic E-state index is 0.0722. The molecule has 0 saturated carbocycles. The quantitative estimate of drug-likeness (QED) is 0.208. The Morgan fingerprint density at radius 1 is 1.06 bits per heavy atom. The maximum Gasteiger partial charge on any atom is 0.270 e. The second-order valence-electron chi connectivity index (χ2n) is 10.4. The number of pyridine rings is 1. The summed E-state index contributed by atoms with van der Waals surface area (Å²) in [4.78, 5) is 31.4. The molecule has 0 radical (unpaired) electrons. The molecule has 36 heavy (non-hydrogen) atoms. The van der Waals surface area contributed by atoms with E-state index in [0.29, 0.717) is 39.7 Å². The normalized spacial score (nSPS) is 21.5. The predicted molar refractivity (Wildman–Crippen MR) is 154 cm³/mol. The second-order valence-corrected chi connectivity index (χ2v) is 12.1. The van der Waals surface area contributed by atoms with E-state index in [-0.39, 0.29) is 17.0 Å². The number of rotatable bonds is 10. The number of piperidine rings is 1. The largest absolute Gasteiger partial charge is 0.357 e. The molecule has 3 rings (SSSR count). The molecule has 0 bridgehead atoms. The first kappa shape index (κ1) is 28.5. The third-order valence-corrected chi connectivity index (χ3v) is 8.51.